The standard InChI is InChI=1S/C9H12N2.ClH/c10-8-6-11(7-8)9-4-2-1-3-5-9;/h1-5,8H,6-7,10H2;1H. The molecular weight excluding hydrogens is 172 g/mol. The Morgan fingerprint density at radius 3 is 2.25 bits per heavy atom. The normalized spacial score (nSPS) is 16.6. The van der Waals surface area contributed by atoms with Crippen molar-refractivity contribution in [1.82, 2.24) is 0 Å². The fourth-order valence-corrected chi connectivity index (χ4v) is 1.36. The van der Waals surface area contributed by atoms with Gasteiger partial charge in [0.05, 0.1) is 0 Å². The highest BCUT2D eigenvalue weighted by atomic mass is 35.5. The first-order chi connectivity index (χ1) is 5.36. The van der Waals surface area contributed by atoms with Crippen LogP contribution in [0, 0.1) is 0 Å². The molecule has 1 fully saturated rings. The minimum absolute atomic E-state index is 0. The van der Waals surface area contributed by atoms with E-state index in [9.17, 15) is 0 Å². The molecule has 1 heterocycles. The number of hydrogen-bond acceptors (Lipinski definition) is 2. The summed E-state index contributed by atoms with van der Waals surface area (Å²) in [5.41, 5.74) is 6.95. The molecule has 2 rings (SSSR count). The monoisotopic (exact) mass is 184 g/mol. The lowest BCUT2D eigenvalue weighted by atomic mass is 10.1. The summed E-state index contributed by atoms with van der Waals surface area (Å²) in [4.78, 5) is 2.28. The molecule has 0 atom stereocenters. The van der Waals surface area contributed by atoms with Crippen LogP contribution in [0.1, 0.15) is 0 Å². The Kier molecular flexibility index (Phi) is 2.95. The molecule has 66 valence electrons. The van der Waals surface area contributed by atoms with Crippen LogP contribution in [0.2, 0.25) is 0 Å². The summed E-state index contributed by atoms with van der Waals surface area (Å²) in [6, 6.07) is 10.8. The Bertz CT molecular complexity index is 232. The van der Waals surface area contributed by atoms with Crippen molar-refractivity contribution in [3.63, 3.8) is 0 Å². The molecule has 1 aliphatic heterocycles. The predicted octanol–water partition coefficient (Wildman–Crippen LogP) is 1.26. The van der Waals surface area contributed by atoms with E-state index in [1.807, 2.05) is 6.07 Å². The third-order valence-corrected chi connectivity index (χ3v) is 2.03. The summed E-state index contributed by atoms with van der Waals surface area (Å²) in [5.74, 6) is 0. The van der Waals surface area contributed by atoms with Crippen molar-refractivity contribution < 1.29 is 0 Å². The average Bonchev–Trinajstić information content (AvgIpc) is 2.01. The number of hydrogen-bond donors (Lipinski definition) is 1. The lowest BCUT2D eigenvalue weighted by Crippen LogP contribution is -2.55. The molecule has 12 heavy (non-hydrogen) atoms. The van der Waals surface area contributed by atoms with Crippen molar-refractivity contribution in [2.75, 3.05) is 18.0 Å². The van der Waals surface area contributed by atoms with E-state index in [1.165, 1.54) is 5.69 Å². The average molecular weight is 185 g/mol. The van der Waals surface area contributed by atoms with Crippen LogP contribution in [-0.2, 0) is 0 Å². The Hall–Kier alpha value is -0.730. The van der Waals surface area contributed by atoms with Crippen molar-refractivity contribution in [2.45, 2.75) is 6.04 Å². The molecule has 0 radical (unpaired) electrons. The molecule has 1 aromatic carbocycles. The van der Waals surface area contributed by atoms with Crippen LogP contribution < -0.4 is 10.6 Å². The van der Waals surface area contributed by atoms with Gasteiger partial charge in [0.1, 0.15) is 0 Å². The second kappa shape index (κ2) is 3.78. The summed E-state index contributed by atoms with van der Waals surface area (Å²) in [6.07, 6.45) is 0. The van der Waals surface area contributed by atoms with E-state index in [2.05, 4.69) is 29.2 Å². The van der Waals surface area contributed by atoms with Crippen LogP contribution in [0.4, 0.5) is 5.69 Å². The molecule has 2 N–H and O–H groups in total. The second-order valence-electron chi connectivity index (χ2n) is 3.00. The third kappa shape index (κ3) is 1.71. The summed E-state index contributed by atoms with van der Waals surface area (Å²) in [6.45, 7) is 2.01. The van der Waals surface area contributed by atoms with E-state index in [0.29, 0.717) is 6.04 Å². The Morgan fingerprint density at radius 1 is 1.17 bits per heavy atom. The van der Waals surface area contributed by atoms with E-state index < -0.39 is 0 Å². The fraction of sp³-hybridized carbons (Fsp3) is 0.333. The van der Waals surface area contributed by atoms with Gasteiger partial charge in [0, 0.05) is 24.8 Å². The number of nitrogens with zero attached hydrogens (tertiary/aromatic N) is 1. The van der Waals surface area contributed by atoms with Gasteiger partial charge >= 0.3 is 0 Å². The maximum atomic E-state index is 5.66. The van der Waals surface area contributed by atoms with E-state index in [1.54, 1.807) is 0 Å². The van der Waals surface area contributed by atoms with E-state index in [0.717, 1.165) is 13.1 Å². The highest BCUT2D eigenvalue weighted by molar-refractivity contribution is 5.85. The lowest BCUT2D eigenvalue weighted by Gasteiger charge is -2.38. The largest absolute Gasteiger partial charge is 0.368 e. The molecule has 1 saturated heterocycles. The van der Waals surface area contributed by atoms with Gasteiger partial charge in [-0.15, -0.1) is 12.4 Å². The molecule has 1 aromatic rings. The van der Waals surface area contributed by atoms with Crippen LogP contribution in [0.25, 0.3) is 0 Å². The highest BCUT2D eigenvalue weighted by Gasteiger charge is 2.22. The number of anilines is 1. The highest BCUT2D eigenvalue weighted by Crippen LogP contribution is 2.18. The van der Waals surface area contributed by atoms with Crippen LogP contribution in [0.5, 0.6) is 0 Å². The molecule has 0 amide bonds. The second-order valence-corrected chi connectivity index (χ2v) is 3.00. The van der Waals surface area contributed by atoms with Gasteiger partial charge in [-0.25, -0.2) is 0 Å². The molecule has 0 spiro atoms. The van der Waals surface area contributed by atoms with Gasteiger partial charge in [0.25, 0.3) is 0 Å². The first-order valence-electron chi connectivity index (χ1n) is 3.92. The number of benzene rings is 1. The fourth-order valence-electron chi connectivity index (χ4n) is 1.36. The predicted molar refractivity (Wildman–Crippen MR) is 53.9 cm³/mol. The number of nitrogens with two attached hydrogens (primary N) is 1. The van der Waals surface area contributed by atoms with Gasteiger partial charge in [0.15, 0.2) is 0 Å². The van der Waals surface area contributed by atoms with E-state index in [-0.39, 0.29) is 12.4 Å². The molecule has 0 unspecified atom stereocenters. The SMILES string of the molecule is Cl.NC1CN(c2ccccc2)C1. The Morgan fingerprint density at radius 2 is 1.75 bits per heavy atom. The van der Waals surface area contributed by atoms with Crippen molar-refractivity contribution in [1.29, 1.82) is 0 Å². The number of rotatable bonds is 1. The van der Waals surface area contributed by atoms with Gasteiger partial charge in [-0.1, -0.05) is 18.2 Å². The minimum Gasteiger partial charge on any atom is -0.368 e. The first kappa shape index (κ1) is 9.36. The third-order valence-electron chi connectivity index (χ3n) is 2.03. The van der Waals surface area contributed by atoms with Crippen molar-refractivity contribution in [3.05, 3.63) is 30.3 Å². The molecule has 1 aliphatic rings. The van der Waals surface area contributed by atoms with Gasteiger partial charge < -0.3 is 10.6 Å². The quantitative estimate of drug-likeness (QED) is 0.712. The van der Waals surface area contributed by atoms with Gasteiger partial charge in [0.2, 0.25) is 0 Å². The number of halogens is 1. The maximum Gasteiger partial charge on any atom is 0.0395 e. The summed E-state index contributed by atoms with van der Waals surface area (Å²) in [7, 11) is 0. The summed E-state index contributed by atoms with van der Waals surface area (Å²) in [5, 5.41) is 0. The van der Waals surface area contributed by atoms with Gasteiger partial charge in [-0.3, -0.25) is 0 Å². The smallest absolute Gasteiger partial charge is 0.0395 e. The van der Waals surface area contributed by atoms with Crippen LogP contribution >= 0.6 is 12.4 Å². The van der Waals surface area contributed by atoms with Crippen LogP contribution in [0.15, 0.2) is 30.3 Å². The lowest BCUT2D eigenvalue weighted by molar-refractivity contribution is 0.519. The molecule has 0 aliphatic carbocycles. The van der Waals surface area contributed by atoms with E-state index >= 15 is 0 Å². The van der Waals surface area contributed by atoms with E-state index in [4.69, 9.17) is 5.73 Å². The van der Waals surface area contributed by atoms with Crippen molar-refractivity contribution in [2.24, 2.45) is 5.73 Å². The zero-order chi connectivity index (χ0) is 7.68. The van der Waals surface area contributed by atoms with Crippen LogP contribution in [0.3, 0.4) is 0 Å². The van der Waals surface area contributed by atoms with Crippen molar-refractivity contribution in [3.8, 4) is 0 Å². The number of para-hydroxylation sites is 1. The van der Waals surface area contributed by atoms with Crippen LogP contribution in [-0.4, -0.2) is 19.1 Å². The summed E-state index contributed by atoms with van der Waals surface area (Å²) < 4.78 is 0. The zero-order valence-electron chi connectivity index (χ0n) is 6.81. The molecule has 2 nitrogen and oxygen atoms in total. The van der Waals surface area contributed by atoms with Gasteiger partial charge in [-0.2, -0.15) is 0 Å². The molecule has 0 saturated carbocycles. The molecule has 3 heteroatoms. The first-order valence-corrected chi connectivity index (χ1v) is 3.92. The topological polar surface area (TPSA) is 29.3 Å². The maximum absolute atomic E-state index is 5.66. The zero-order valence-corrected chi connectivity index (χ0v) is 7.63. The molecule has 0 bridgehead atoms. The Labute approximate surface area is 78.8 Å². The summed E-state index contributed by atoms with van der Waals surface area (Å²) >= 11 is 0. The Balaban J connectivity index is 0.000000720. The molecular formula is C9H13ClN2. The van der Waals surface area contributed by atoms with Gasteiger partial charge in [-0.05, 0) is 12.1 Å². The minimum atomic E-state index is 0. The molecule has 0 aromatic heterocycles. The van der Waals surface area contributed by atoms with Crippen molar-refractivity contribution >= 4 is 18.1 Å².